The van der Waals surface area contributed by atoms with Crippen LogP contribution in [0.5, 0.6) is 0 Å². The maximum absolute atomic E-state index is 13.5. The van der Waals surface area contributed by atoms with Crippen LogP contribution in [0.1, 0.15) is 16.8 Å². The largest absolute Gasteiger partial charge is 0.384 e. The van der Waals surface area contributed by atoms with Crippen molar-refractivity contribution < 1.29 is 14.3 Å². The molecule has 0 aliphatic carbocycles. The molecule has 0 fully saturated rings. The van der Waals surface area contributed by atoms with E-state index in [4.69, 9.17) is 5.73 Å². The summed E-state index contributed by atoms with van der Waals surface area (Å²) in [5.74, 6) is -1.04. The van der Waals surface area contributed by atoms with E-state index in [1.54, 1.807) is 14.0 Å². The summed E-state index contributed by atoms with van der Waals surface area (Å²) in [7, 11) is 1.61. The second-order valence-corrected chi connectivity index (χ2v) is 4.82. The van der Waals surface area contributed by atoms with Gasteiger partial charge in [0, 0.05) is 18.3 Å². The number of halogens is 1. The van der Waals surface area contributed by atoms with Crippen LogP contribution in [0.2, 0.25) is 0 Å². The van der Waals surface area contributed by atoms with E-state index in [2.05, 4.69) is 10.4 Å². The lowest BCUT2D eigenvalue weighted by Gasteiger charge is -2.21. The Morgan fingerprint density at radius 2 is 2.20 bits per heavy atom. The molecule has 7 heteroatoms. The van der Waals surface area contributed by atoms with Crippen molar-refractivity contribution in [2.24, 2.45) is 7.05 Å². The monoisotopic (exact) mass is 276 g/mol. The van der Waals surface area contributed by atoms with E-state index >= 15 is 0 Å². The van der Waals surface area contributed by atoms with Gasteiger partial charge in [0.2, 0.25) is 5.60 Å². The van der Waals surface area contributed by atoms with E-state index in [-0.39, 0.29) is 16.9 Å². The van der Waals surface area contributed by atoms with E-state index in [1.807, 2.05) is 0 Å². The number of carbonyl (C=O) groups excluding carboxylic acids is 1. The third-order valence-corrected chi connectivity index (χ3v) is 3.58. The third-order valence-electron chi connectivity index (χ3n) is 3.58. The van der Waals surface area contributed by atoms with Crippen molar-refractivity contribution in [1.82, 2.24) is 9.78 Å². The number of amides is 1. The number of anilines is 2. The Balaban J connectivity index is 2.32. The molecule has 0 bridgehead atoms. The molecule has 1 atom stereocenters. The quantitative estimate of drug-likeness (QED) is 0.712. The molecule has 2 aromatic rings. The Morgan fingerprint density at radius 1 is 1.50 bits per heavy atom. The molecule has 104 valence electrons. The number of hydrogen-bond acceptors (Lipinski definition) is 4. The van der Waals surface area contributed by atoms with Crippen molar-refractivity contribution in [2.45, 2.75) is 12.5 Å². The van der Waals surface area contributed by atoms with Gasteiger partial charge in [-0.15, -0.1) is 0 Å². The van der Waals surface area contributed by atoms with Crippen LogP contribution in [0.25, 0.3) is 0 Å². The summed E-state index contributed by atoms with van der Waals surface area (Å²) in [6.07, 6.45) is 0. The minimum atomic E-state index is -2.03. The molecule has 3 rings (SSSR count). The summed E-state index contributed by atoms with van der Waals surface area (Å²) in [5, 5.41) is 17.5. The van der Waals surface area contributed by atoms with Gasteiger partial charge in [0.15, 0.2) is 0 Å². The lowest BCUT2D eigenvalue weighted by Crippen LogP contribution is -2.36. The van der Waals surface area contributed by atoms with E-state index in [1.165, 1.54) is 16.8 Å². The van der Waals surface area contributed by atoms with Crippen LogP contribution >= 0.6 is 0 Å². The fraction of sp³-hybridized carbons (Fsp3) is 0.231. The van der Waals surface area contributed by atoms with Gasteiger partial charge in [-0.3, -0.25) is 9.48 Å². The summed E-state index contributed by atoms with van der Waals surface area (Å²) in [5.41, 5.74) is 4.97. The Morgan fingerprint density at radius 3 is 2.80 bits per heavy atom. The Hall–Kier alpha value is -2.41. The topological polar surface area (TPSA) is 93.2 Å². The first kappa shape index (κ1) is 12.6. The lowest BCUT2D eigenvalue weighted by atomic mass is 9.87. The maximum Gasteiger partial charge on any atom is 0.266 e. The van der Waals surface area contributed by atoms with Crippen molar-refractivity contribution in [3.05, 3.63) is 40.8 Å². The first-order valence-electron chi connectivity index (χ1n) is 5.99. The molecule has 0 saturated carbocycles. The predicted molar refractivity (Wildman–Crippen MR) is 70.4 cm³/mol. The van der Waals surface area contributed by atoms with Crippen molar-refractivity contribution in [2.75, 3.05) is 11.1 Å². The molecule has 1 aliphatic heterocycles. The standard InChI is InChI=1S/C13H13FN4O2/c1-6-10(11(15)18(2)17-6)13(20)8-5-7(14)3-4-9(8)16-12(13)19/h3-5,20H,15H2,1-2H3,(H,16,19)/t13-/m0/s1. The SMILES string of the molecule is Cc1nn(C)c(N)c1[C@]1(O)C(=O)Nc2ccc(F)cc21. The van der Waals surface area contributed by atoms with E-state index < -0.39 is 17.3 Å². The van der Waals surface area contributed by atoms with Gasteiger partial charge >= 0.3 is 0 Å². The highest BCUT2D eigenvalue weighted by atomic mass is 19.1. The van der Waals surface area contributed by atoms with Crippen LogP contribution in [0.15, 0.2) is 18.2 Å². The fourth-order valence-corrected chi connectivity index (χ4v) is 2.63. The molecular formula is C13H13FN4O2. The molecule has 1 amide bonds. The zero-order valence-corrected chi connectivity index (χ0v) is 10.9. The zero-order valence-electron chi connectivity index (χ0n) is 10.9. The number of nitrogens with two attached hydrogens (primary N) is 1. The van der Waals surface area contributed by atoms with Crippen LogP contribution in [-0.4, -0.2) is 20.8 Å². The second-order valence-electron chi connectivity index (χ2n) is 4.82. The molecule has 1 aliphatic rings. The number of hydrogen-bond donors (Lipinski definition) is 3. The summed E-state index contributed by atoms with van der Waals surface area (Å²) >= 11 is 0. The van der Waals surface area contributed by atoms with Crippen LogP contribution in [-0.2, 0) is 17.4 Å². The van der Waals surface area contributed by atoms with Crippen LogP contribution in [0, 0.1) is 12.7 Å². The van der Waals surface area contributed by atoms with E-state index in [0.29, 0.717) is 11.4 Å². The Bertz CT molecular complexity index is 740. The third kappa shape index (κ3) is 1.41. The van der Waals surface area contributed by atoms with Gasteiger partial charge in [-0.2, -0.15) is 5.10 Å². The summed E-state index contributed by atoms with van der Waals surface area (Å²) < 4.78 is 14.8. The van der Waals surface area contributed by atoms with Crippen molar-refractivity contribution >= 4 is 17.4 Å². The van der Waals surface area contributed by atoms with Gasteiger partial charge in [0.05, 0.1) is 11.3 Å². The number of nitrogen functional groups attached to an aromatic ring is 1. The van der Waals surface area contributed by atoms with Gasteiger partial charge < -0.3 is 16.2 Å². The van der Waals surface area contributed by atoms with Crippen molar-refractivity contribution in [3.63, 3.8) is 0 Å². The minimum absolute atomic E-state index is 0.144. The normalized spacial score (nSPS) is 20.9. The summed E-state index contributed by atoms with van der Waals surface area (Å²) in [4.78, 5) is 12.2. The first-order valence-corrected chi connectivity index (χ1v) is 5.99. The number of aliphatic hydroxyl groups is 1. The number of rotatable bonds is 1. The average Bonchev–Trinajstić information content (AvgIpc) is 2.77. The Labute approximate surface area is 114 Å². The number of nitrogens with one attached hydrogen (secondary N) is 1. The first-order chi connectivity index (χ1) is 9.35. The van der Waals surface area contributed by atoms with Crippen molar-refractivity contribution in [3.8, 4) is 0 Å². The number of carbonyl (C=O) groups is 1. The molecular weight excluding hydrogens is 263 g/mol. The highest BCUT2D eigenvalue weighted by molar-refractivity contribution is 6.08. The smallest absolute Gasteiger partial charge is 0.266 e. The van der Waals surface area contributed by atoms with E-state index in [0.717, 1.165) is 6.07 Å². The lowest BCUT2D eigenvalue weighted by molar-refractivity contribution is -0.129. The minimum Gasteiger partial charge on any atom is -0.384 e. The van der Waals surface area contributed by atoms with Gasteiger partial charge in [0.1, 0.15) is 11.6 Å². The summed E-state index contributed by atoms with van der Waals surface area (Å²) in [6, 6.07) is 3.74. The molecule has 1 aromatic heterocycles. The maximum atomic E-state index is 13.5. The molecule has 0 spiro atoms. The highest BCUT2D eigenvalue weighted by Gasteiger charge is 2.50. The number of aromatic nitrogens is 2. The number of nitrogens with zero attached hydrogens (tertiary/aromatic N) is 2. The highest BCUT2D eigenvalue weighted by Crippen LogP contribution is 2.44. The molecule has 1 aromatic carbocycles. The predicted octanol–water partition coefficient (Wildman–Crippen LogP) is 0.638. The van der Waals surface area contributed by atoms with Gasteiger partial charge in [-0.25, -0.2) is 4.39 Å². The number of aryl methyl sites for hydroxylation is 2. The van der Waals surface area contributed by atoms with Gasteiger partial charge in [-0.05, 0) is 25.1 Å². The number of fused-ring (bicyclic) bond motifs is 1. The van der Waals surface area contributed by atoms with E-state index in [9.17, 15) is 14.3 Å². The Kier molecular flexibility index (Phi) is 2.39. The number of benzene rings is 1. The fourth-order valence-electron chi connectivity index (χ4n) is 2.63. The van der Waals surface area contributed by atoms with Gasteiger partial charge in [-0.1, -0.05) is 0 Å². The molecule has 0 radical (unpaired) electrons. The van der Waals surface area contributed by atoms with Crippen LogP contribution < -0.4 is 11.1 Å². The summed E-state index contributed by atoms with van der Waals surface area (Å²) in [6.45, 7) is 1.63. The van der Waals surface area contributed by atoms with Crippen LogP contribution in [0.4, 0.5) is 15.9 Å². The average molecular weight is 276 g/mol. The van der Waals surface area contributed by atoms with Gasteiger partial charge in [0.25, 0.3) is 5.91 Å². The molecule has 4 N–H and O–H groups in total. The van der Waals surface area contributed by atoms with Crippen LogP contribution in [0.3, 0.4) is 0 Å². The molecule has 0 saturated heterocycles. The molecule has 0 unspecified atom stereocenters. The second kappa shape index (κ2) is 3.80. The van der Waals surface area contributed by atoms with Crippen molar-refractivity contribution in [1.29, 1.82) is 0 Å². The molecule has 6 nitrogen and oxygen atoms in total. The zero-order chi connectivity index (χ0) is 14.7. The molecule has 2 heterocycles. The molecule has 20 heavy (non-hydrogen) atoms.